The zero-order valence-electron chi connectivity index (χ0n) is 11.3. The SMILES string of the molecule is CC1=C(C#C/C(C)=C/CO)C(C)(C)CC(Cl)C1=O. The van der Waals surface area contributed by atoms with Crippen LogP contribution in [0.1, 0.15) is 34.1 Å². The first kappa shape index (κ1) is 15.0. The third kappa shape index (κ3) is 3.25. The molecule has 1 aliphatic carbocycles. The molecule has 0 aromatic carbocycles. The minimum absolute atomic E-state index is 0.0232. The molecular weight excluding hydrogens is 248 g/mol. The van der Waals surface area contributed by atoms with Crippen LogP contribution in [0.25, 0.3) is 0 Å². The van der Waals surface area contributed by atoms with E-state index >= 15 is 0 Å². The topological polar surface area (TPSA) is 37.3 Å². The summed E-state index contributed by atoms with van der Waals surface area (Å²) in [6, 6.07) is 0. The van der Waals surface area contributed by atoms with Crippen LogP contribution in [0.3, 0.4) is 0 Å². The van der Waals surface area contributed by atoms with E-state index in [1.165, 1.54) is 0 Å². The van der Waals surface area contributed by atoms with Crippen molar-refractivity contribution in [1.29, 1.82) is 0 Å². The molecule has 1 aliphatic rings. The van der Waals surface area contributed by atoms with Gasteiger partial charge in [-0.3, -0.25) is 4.79 Å². The smallest absolute Gasteiger partial charge is 0.177 e. The second-order valence-electron chi connectivity index (χ2n) is 5.24. The van der Waals surface area contributed by atoms with E-state index in [4.69, 9.17) is 16.7 Å². The van der Waals surface area contributed by atoms with Crippen molar-refractivity contribution in [2.24, 2.45) is 5.41 Å². The molecule has 2 nitrogen and oxygen atoms in total. The summed E-state index contributed by atoms with van der Waals surface area (Å²) in [7, 11) is 0. The molecule has 0 saturated carbocycles. The van der Waals surface area contributed by atoms with Gasteiger partial charge in [0.05, 0.1) is 12.0 Å². The fraction of sp³-hybridized carbons (Fsp3) is 0.533. The number of aliphatic hydroxyl groups is 1. The van der Waals surface area contributed by atoms with Gasteiger partial charge in [-0.1, -0.05) is 25.7 Å². The van der Waals surface area contributed by atoms with Crippen LogP contribution in [0.2, 0.25) is 0 Å². The van der Waals surface area contributed by atoms with Gasteiger partial charge >= 0.3 is 0 Å². The Balaban J connectivity index is 3.19. The molecule has 1 rings (SSSR count). The first-order valence-corrected chi connectivity index (χ1v) is 6.42. The molecule has 0 aromatic heterocycles. The molecule has 1 unspecified atom stereocenters. The molecule has 1 atom stereocenters. The Bertz CT molecular complexity index is 472. The van der Waals surface area contributed by atoms with E-state index in [2.05, 4.69) is 11.8 Å². The largest absolute Gasteiger partial charge is 0.392 e. The molecule has 0 heterocycles. The highest BCUT2D eigenvalue weighted by Gasteiger charge is 2.37. The third-order valence-electron chi connectivity index (χ3n) is 3.18. The molecule has 0 radical (unpaired) electrons. The highest BCUT2D eigenvalue weighted by Crippen LogP contribution is 2.40. The van der Waals surface area contributed by atoms with E-state index in [0.29, 0.717) is 12.0 Å². The number of carbonyl (C=O) groups excluding carboxylic acids is 1. The van der Waals surface area contributed by atoms with Gasteiger partial charge in [-0.25, -0.2) is 0 Å². The van der Waals surface area contributed by atoms with E-state index in [1.54, 1.807) is 13.0 Å². The molecule has 0 aliphatic heterocycles. The number of allylic oxidation sites excluding steroid dienone is 3. The number of Topliss-reactive ketones (excluding diaryl/α,β-unsaturated/α-hetero) is 1. The number of rotatable bonds is 1. The maximum absolute atomic E-state index is 11.9. The van der Waals surface area contributed by atoms with Crippen molar-refractivity contribution < 1.29 is 9.90 Å². The Morgan fingerprint density at radius 3 is 2.78 bits per heavy atom. The number of hydrogen-bond donors (Lipinski definition) is 1. The van der Waals surface area contributed by atoms with Crippen LogP contribution < -0.4 is 0 Å². The quantitative estimate of drug-likeness (QED) is 0.585. The standard InChI is InChI=1S/C15H19ClO2/c1-10(7-8-17)5-6-12-11(2)14(18)13(16)9-15(12,3)4/h7,13,17H,8-9H2,1-4H3/b10-7+. The first-order valence-electron chi connectivity index (χ1n) is 5.99. The van der Waals surface area contributed by atoms with Crippen molar-refractivity contribution >= 4 is 17.4 Å². The lowest BCUT2D eigenvalue weighted by Gasteiger charge is -2.33. The van der Waals surface area contributed by atoms with Crippen molar-refractivity contribution in [1.82, 2.24) is 0 Å². The van der Waals surface area contributed by atoms with Crippen molar-refractivity contribution in [2.75, 3.05) is 6.61 Å². The Morgan fingerprint density at radius 1 is 1.61 bits per heavy atom. The van der Waals surface area contributed by atoms with E-state index in [-0.39, 0.29) is 17.8 Å². The van der Waals surface area contributed by atoms with Gasteiger partial charge < -0.3 is 5.11 Å². The minimum atomic E-state index is -0.445. The summed E-state index contributed by atoms with van der Waals surface area (Å²) in [4.78, 5) is 11.9. The van der Waals surface area contributed by atoms with Gasteiger partial charge in [-0.15, -0.1) is 11.6 Å². The highest BCUT2D eigenvalue weighted by atomic mass is 35.5. The number of aliphatic hydroxyl groups excluding tert-OH is 1. The van der Waals surface area contributed by atoms with E-state index < -0.39 is 5.38 Å². The molecule has 1 N–H and O–H groups in total. The van der Waals surface area contributed by atoms with Crippen molar-refractivity contribution in [2.45, 2.75) is 39.5 Å². The molecule has 0 saturated heterocycles. The van der Waals surface area contributed by atoms with E-state index in [1.807, 2.05) is 20.8 Å². The Labute approximate surface area is 114 Å². The summed E-state index contributed by atoms with van der Waals surface area (Å²) in [6.07, 6.45) is 2.25. The van der Waals surface area contributed by atoms with Crippen LogP contribution in [0.4, 0.5) is 0 Å². The van der Waals surface area contributed by atoms with Crippen molar-refractivity contribution in [3.8, 4) is 11.8 Å². The monoisotopic (exact) mass is 266 g/mol. The van der Waals surface area contributed by atoms with E-state index in [0.717, 1.165) is 11.1 Å². The van der Waals surface area contributed by atoms with Crippen LogP contribution in [0.5, 0.6) is 0 Å². The van der Waals surface area contributed by atoms with Gasteiger partial charge in [0.2, 0.25) is 0 Å². The predicted octanol–water partition coefficient (Wildman–Crippen LogP) is 2.85. The van der Waals surface area contributed by atoms with Gasteiger partial charge in [0.25, 0.3) is 0 Å². The Kier molecular flexibility index (Phi) is 4.78. The number of carbonyl (C=O) groups is 1. The lowest BCUT2D eigenvalue weighted by atomic mass is 9.72. The molecule has 0 spiro atoms. The zero-order valence-corrected chi connectivity index (χ0v) is 12.1. The average molecular weight is 267 g/mol. The average Bonchev–Trinajstić information content (AvgIpc) is 2.25. The molecular formula is C15H19ClO2. The van der Waals surface area contributed by atoms with Crippen LogP contribution in [0.15, 0.2) is 22.8 Å². The number of ketones is 1. The van der Waals surface area contributed by atoms with Gasteiger partial charge in [0, 0.05) is 11.1 Å². The van der Waals surface area contributed by atoms with Crippen molar-refractivity contribution in [3.05, 3.63) is 22.8 Å². The van der Waals surface area contributed by atoms with E-state index in [9.17, 15) is 4.79 Å². The van der Waals surface area contributed by atoms with Gasteiger partial charge in [0.15, 0.2) is 5.78 Å². The maximum atomic E-state index is 11.9. The third-order valence-corrected chi connectivity index (χ3v) is 3.53. The van der Waals surface area contributed by atoms with Gasteiger partial charge in [-0.2, -0.15) is 0 Å². The zero-order chi connectivity index (χ0) is 13.9. The second-order valence-corrected chi connectivity index (χ2v) is 5.77. The summed E-state index contributed by atoms with van der Waals surface area (Å²) >= 11 is 6.05. The lowest BCUT2D eigenvalue weighted by Crippen LogP contribution is -2.32. The first-order chi connectivity index (χ1) is 8.29. The normalized spacial score (nSPS) is 23.8. The molecule has 0 aromatic rings. The number of halogens is 1. The summed E-state index contributed by atoms with van der Waals surface area (Å²) in [5.41, 5.74) is 2.14. The molecule has 98 valence electrons. The summed E-state index contributed by atoms with van der Waals surface area (Å²) in [5, 5.41) is 8.33. The van der Waals surface area contributed by atoms with Crippen molar-refractivity contribution in [3.63, 3.8) is 0 Å². The Morgan fingerprint density at radius 2 is 2.22 bits per heavy atom. The maximum Gasteiger partial charge on any atom is 0.177 e. The second kappa shape index (κ2) is 5.73. The highest BCUT2D eigenvalue weighted by molar-refractivity contribution is 6.34. The molecule has 0 fully saturated rings. The van der Waals surface area contributed by atoms with Crippen LogP contribution in [-0.4, -0.2) is 22.9 Å². The van der Waals surface area contributed by atoms with Crippen LogP contribution >= 0.6 is 11.6 Å². The lowest BCUT2D eigenvalue weighted by molar-refractivity contribution is -0.116. The summed E-state index contributed by atoms with van der Waals surface area (Å²) in [5.74, 6) is 6.02. The summed E-state index contributed by atoms with van der Waals surface area (Å²) < 4.78 is 0. The minimum Gasteiger partial charge on any atom is -0.392 e. The summed E-state index contributed by atoms with van der Waals surface area (Å²) in [6.45, 7) is 7.69. The number of hydrogen-bond acceptors (Lipinski definition) is 2. The fourth-order valence-electron chi connectivity index (χ4n) is 2.12. The Hall–Kier alpha value is -1.04. The van der Waals surface area contributed by atoms with Gasteiger partial charge in [0.1, 0.15) is 0 Å². The molecule has 3 heteroatoms. The fourth-order valence-corrected chi connectivity index (χ4v) is 2.67. The molecule has 0 amide bonds. The van der Waals surface area contributed by atoms with Gasteiger partial charge in [-0.05, 0) is 37.3 Å². The molecule has 0 bridgehead atoms. The van der Waals surface area contributed by atoms with Crippen LogP contribution in [0, 0.1) is 17.3 Å². The van der Waals surface area contributed by atoms with Crippen LogP contribution in [-0.2, 0) is 4.79 Å². The molecule has 18 heavy (non-hydrogen) atoms. The number of alkyl halides is 1. The predicted molar refractivity (Wildman–Crippen MR) is 74.4 cm³/mol.